The van der Waals surface area contributed by atoms with E-state index in [2.05, 4.69) is 34.5 Å². The van der Waals surface area contributed by atoms with Gasteiger partial charge in [0.2, 0.25) is 5.91 Å². The maximum Gasteiger partial charge on any atom is 0.217 e. The molecule has 3 heteroatoms. The summed E-state index contributed by atoms with van der Waals surface area (Å²) in [4.78, 5) is 14.1. The number of carbonyl (C=O) groups is 1. The molecule has 3 fully saturated rings. The summed E-state index contributed by atoms with van der Waals surface area (Å²) in [6, 6.07) is 9.65. The number of fused-ring (bicyclic) bond motifs is 1. The van der Waals surface area contributed by atoms with Crippen molar-refractivity contribution in [2.24, 2.45) is 17.3 Å². The van der Waals surface area contributed by atoms with Crippen molar-refractivity contribution in [3.8, 4) is 0 Å². The molecule has 1 N–H and O–H groups in total. The first-order valence-electron chi connectivity index (χ1n) is 8.82. The van der Waals surface area contributed by atoms with E-state index in [0.29, 0.717) is 0 Å². The average Bonchev–Trinajstić information content (AvgIpc) is 3.16. The normalized spacial score (nSPS) is 41.0. The van der Waals surface area contributed by atoms with Crippen LogP contribution in [0.4, 0.5) is 5.69 Å². The van der Waals surface area contributed by atoms with Crippen molar-refractivity contribution in [3.05, 3.63) is 29.8 Å². The molecule has 5 rings (SSSR count). The number of nitrogens with one attached hydrogen (secondary N) is 1. The largest absolute Gasteiger partial charge is 0.368 e. The van der Waals surface area contributed by atoms with Gasteiger partial charge in [-0.15, -0.1) is 0 Å². The van der Waals surface area contributed by atoms with Gasteiger partial charge < -0.3 is 10.2 Å². The van der Waals surface area contributed by atoms with Gasteiger partial charge in [0.15, 0.2) is 0 Å². The second kappa shape index (κ2) is 4.27. The standard InChI is InChI=1S/C19H24N2O/c1-12(22)20-16-8-9-21(17-5-3-2-4-14(16)17)18-11-19-10-13(19)6-7-15(18)19/h2-5,13,15-16,18H,6-11H2,1H3,(H,20,22)/t13-,15+,16-,18-,19?/m1/s1. The third-order valence-corrected chi connectivity index (χ3v) is 6.96. The van der Waals surface area contributed by atoms with Crippen LogP contribution in [0.2, 0.25) is 0 Å². The van der Waals surface area contributed by atoms with Crippen molar-refractivity contribution in [2.75, 3.05) is 11.4 Å². The van der Waals surface area contributed by atoms with E-state index in [-0.39, 0.29) is 11.9 Å². The molecule has 4 aliphatic rings. The van der Waals surface area contributed by atoms with Gasteiger partial charge in [0.25, 0.3) is 0 Å². The Morgan fingerprint density at radius 1 is 1.23 bits per heavy atom. The number of hydrogen-bond acceptors (Lipinski definition) is 2. The van der Waals surface area contributed by atoms with Crippen LogP contribution in [0.15, 0.2) is 24.3 Å². The molecule has 1 spiro atoms. The van der Waals surface area contributed by atoms with Crippen molar-refractivity contribution < 1.29 is 4.79 Å². The molecule has 116 valence electrons. The van der Waals surface area contributed by atoms with Gasteiger partial charge in [-0.25, -0.2) is 0 Å². The molecule has 3 aliphatic carbocycles. The van der Waals surface area contributed by atoms with E-state index in [1.165, 1.54) is 36.9 Å². The minimum absolute atomic E-state index is 0.0764. The van der Waals surface area contributed by atoms with Gasteiger partial charge in [0, 0.05) is 25.2 Å². The molecule has 5 atom stereocenters. The molecule has 1 unspecified atom stereocenters. The van der Waals surface area contributed by atoms with Gasteiger partial charge in [-0.1, -0.05) is 18.2 Å². The molecule has 3 saturated carbocycles. The lowest BCUT2D eigenvalue weighted by Crippen LogP contribution is -2.55. The molecule has 0 saturated heterocycles. The minimum atomic E-state index is 0.0764. The number of rotatable bonds is 2. The number of benzene rings is 1. The highest BCUT2D eigenvalue weighted by Crippen LogP contribution is 2.76. The number of hydrogen-bond donors (Lipinski definition) is 1. The van der Waals surface area contributed by atoms with Crippen LogP contribution in [-0.4, -0.2) is 18.5 Å². The van der Waals surface area contributed by atoms with Crippen LogP contribution in [0, 0.1) is 17.3 Å². The third kappa shape index (κ3) is 1.60. The summed E-state index contributed by atoms with van der Waals surface area (Å²) in [6.07, 6.45) is 6.89. The molecule has 0 bridgehead atoms. The van der Waals surface area contributed by atoms with Gasteiger partial charge in [0.05, 0.1) is 6.04 Å². The predicted molar refractivity (Wildman–Crippen MR) is 86.6 cm³/mol. The zero-order valence-corrected chi connectivity index (χ0v) is 13.2. The Labute approximate surface area is 132 Å². The Morgan fingerprint density at radius 2 is 2.09 bits per heavy atom. The van der Waals surface area contributed by atoms with E-state index >= 15 is 0 Å². The second-order valence-electron chi connectivity index (χ2n) is 7.88. The summed E-state index contributed by atoms with van der Waals surface area (Å²) >= 11 is 0. The van der Waals surface area contributed by atoms with Gasteiger partial charge in [-0.2, -0.15) is 0 Å². The monoisotopic (exact) mass is 296 g/mol. The first-order chi connectivity index (χ1) is 10.7. The van der Waals surface area contributed by atoms with E-state index in [1.54, 1.807) is 6.92 Å². The fourth-order valence-electron chi connectivity index (χ4n) is 5.91. The quantitative estimate of drug-likeness (QED) is 0.908. The number of carbonyl (C=O) groups excluding carboxylic acids is 1. The minimum Gasteiger partial charge on any atom is -0.368 e. The summed E-state index contributed by atoms with van der Waals surface area (Å²) in [5.41, 5.74) is 3.46. The van der Waals surface area contributed by atoms with Crippen LogP contribution in [-0.2, 0) is 4.79 Å². The maximum absolute atomic E-state index is 11.5. The van der Waals surface area contributed by atoms with E-state index < -0.39 is 0 Å². The number of nitrogens with zero attached hydrogens (tertiary/aromatic N) is 1. The van der Waals surface area contributed by atoms with Crippen LogP contribution in [0.25, 0.3) is 0 Å². The maximum atomic E-state index is 11.5. The average molecular weight is 296 g/mol. The molecule has 1 aromatic carbocycles. The Hall–Kier alpha value is -1.51. The Morgan fingerprint density at radius 3 is 2.86 bits per heavy atom. The molecule has 0 aromatic heterocycles. The molecule has 3 nitrogen and oxygen atoms in total. The Bertz CT molecular complexity index is 640. The highest BCUT2D eigenvalue weighted by Gasteiger charge is 2.71. The number of amides is 1. The van der Waals surface area contributed by atoms with E-state index in [4.69, 9.17) is 0 Å². The fourth-order valence-corrected chi connectivity index (χ4v) is 5.91. The molecular weight excluding hydrogens is 272 g/mol. The van der Waals surface area contributed by atoms with Crippen LogP contribution in [0.3, 0.4) is 0 Å². The lowest BCUT2D eigenvalue weighted by Gasteiger charge is -2.53. The Kier molecular flexibility index (Phi) is 2.52. The van der Waals surface area contributed by atoms with E-state index in [0.717, 1.165) is 36.3 Å². The summed E-state index contributed by atoms with van der Waals surface area (Å²) in [7, 11) is 0. The zero-order chi connectivity index (χ0) is 14.9. The summed E-state index contributed by atoms with van der Waals surface area (Å²) in [6.45, 7) is 2.71. The van der Waals surface area contributed by atoms with Crippen LogP contribution >= 0.6 is 0 Å². The lowest BCUT2D eigenvalue weighted by atomic mass is 9.65. The van der Waals surface area contributed by atoms with Crippen LogP contribution in [0.5, 0.6) is 0 Å². The molecule has 1 aromatic rings. The molecule has 22 heavy (non-hydrogen) atoms. The van der Waals surface area contributed by atoms with Gasteiger partial charge in [0.1, 0.15) is 0 Å². The van der Waals surface area contributed by atoms with Gasteiger partial charge in [-0.05, 0) is 61.0 Å². The van der Waals surface area contributed by atoms with E-state index in [1.807, 2.05) is 0 Å². The zero-order valence-electron chi connectivity index (χ0n) is 13.2. The smallest absolute Gasteiger partial charge is 0.217 e. The third-order valence-electron chi connectivity index (χ3n) is 6.96. The Balaban J connectivity index is 1.44. The summed E-state index contributed by atoms with van der Waals surface area (Å²) in [5, 5.41) is 3.13. The van der Waals surface area contributed by atoms with Gasteiger partial charge in [-0.3, -0.25) is 4.79 Å². The molecular formula is C19H24N2O. The first kappa shape index (κ1) is 13.0. The van der Waals surface area contributed by atoms with E-state index in [9.17, 15) is 4.79 Å². The topological polar surface area (TPSA) is 32.3 Å². The SMILES string of the molecule is CC(=O)N[C@@H]1CCN([C@@H]2CC34C[C@H]3CC[C@@H]24)c2ccccc21. The molecule has 0 radical (unpaired) electrons. The molecule has 1 amide bonds. The lowest BCUT2D eigenvalue weighted by molar-refractivity contribution is -0.119. The summed E-state index contributed by atoms with van der Waals surface area (Å²) < 4.78 is 0. The molecule has 1 heterocycles. The number of anilines is 1. The van der Waals surface area contributed by atoms with Gasteiger partial charge >= 0.3 is 0 Å². The highest BCUT2D eigenvalue weighted by molar-refractivity contribution is 5.74. The predicted octanol–water partition coefficient (Wildman–Crippen LogP) is 3.26. The van der Waals surface area contributed by atoms with Crippen LogP contribution < -0.4 is 10.2 Å². The first-order valence-corrected chi connectivity index (χ1v) is 8.82. The number of para-hydroxylation sites is 1. The summed E-state index contributed by atoms with van der Waals surface area (Å²) in [5.74, 6) is 2.09. The van der Waals surface area contributed by atoms with Crippen LogP contribution in [0.1, 0.15) is 50.6 Å². The van der Waals surface area contributed by atoms with Crippen molar-refractivity contribution >= 4 is 11.6 Å². The highest BCUT2D eigenvalue weighted by atomic mass is 16.1. The fraction of sp³-hybridized carbons (Fsp3) is 0.632. The van der Waals surface area contributed by atoms with Crippen molar-refractivity contribution in [3.63, 3.8) is 0 Å². The van der Waals surface area contributed by atoms with Crippen molar-refractivity contribution in [1.82, 2.24) is 5.32 Å². The second-order valence-corrected chi connectivity index (χ2v) is 7.88. The van der Waals surface area contributed by atoms with Crippen molar-refractivity contribution in [2.45, 2.75) is 51.1 Å². The van der Waals surface area contributed by atoms with Crippen molar-refractivity contribution in [1.29, 1.82) is 0 Å². The molecule has 1 aliphatic heterocycles.